The van der Waals surface area contributed by atoms with E-state index in [1.54, 1.807) is 0 Å². The van der Waals surface area contributed by atoms with E-state index >= 15 is 0 Å². The van der Waals surface area contributed by atoms with Crippen molar-refractivity contribution in [3.05, 3.63) is 0 Å². The van der Waals surface area contributed by atoms with Crippen LogP contribution in [0.5, 0.6) is 0 Å². The largest absolute Gasteiger partial charge is 0.349 e. The van der Waals surface area contributed by atoms with Gasteiger partial charge in [0.05, 0.1) is 13.2 Å². The van der Waals surface area contributed by atoms with Gasteiger partial charge in [0.15, 0.2) is 5.79 Å². The van der Waals surface area contributed by atoms with Crippen LogP contribution in [0.2, 0.25) is 0 Å². The summed E-state index contributed by atoms with van der Waals surface area (Å²) in [5.41, 5.74) is 0.200. The highest BCUT2D eigenvalue weighted by atomic mass is 16.7. The van der Waals surface area contributed by atoms with Crippen molar-refractivity contribution in [1.82, 2.24) is 0 Å². The zero-order valence-electron chi connectivity index (χ0n) is 9.64. The van der Waals surface area contributed by atoms with Crippen molar-refractivity contribution in [2.24, 2.45) is 11.3 Å². The maximum absolute atomic E-state index is 5.97. The van der Waals surface area contributed by atoms with Gasteiger partial charge < -0.3 is 9.47 Å². The SMILES string of the molecule is C[C@@H]1CCCC2(C1)OCC(C)(C)CO2. The highest BCUT2D eigenvalue weighted by molar-refractivity contribution is 4.84. The minimum absolute atomic E-state index is 0.200. The molecule has 2 aliphatic rings. The van der Waals surface area contributed by atoms with Crippen molar-refractivity contribution in [2.45, 2.75) is 52.2 Å². The maximum Gasteiger partial charge on any atom is 0.168 e. The molecule has 1 spiro atoms. The molecule has 1 heterocycles. The molecule has 14 heavy (non-hydrogen) atoms. The minimum atomic E-state index is -0.215. The van der Waals surface area contributed by atoms with E-state index in [0.29, 0.717) is 0 Å². The quantitative estimate of drug-likeness (QED) is 0.596. The molecule has 1 saturated heterocycles. The van der Waals surface area contributed by atoms with Crippen LogP contribution in [-0.4, -0.2) is 19.0 Å². The Bertz CT molecular complexity index is 200. The van der Waals surface area contributed by atoms with E-state index in [0.717, 1.165) is 32.0 Å². The van der Waals surface area contributed by atoms with Crippen molar-refractivity contribution in [1.29, 1.82) is 0 Å². The second kappa shape index (κ2) is 3.49. The zero-order chi connectivity index (χ0) is 10.2. The van der Waals surface area contributed by atoms with Crippen LogP contribution < -0.4 is 0 Å². The highest BCUT2D eigenvalue weighted by Gasteiger charge is 2.42. The van der Waals surface area contributed by atoms with Gasteiger partial charge in [-0.1, -0.05) is 27.2 Å². The van der Waals surface area contributed by atoms with Gasteiger partial charge in [-0.05, 0) is 12.3 Å². The van der Waals surface area contributed by atoms with E-state index in [1.807, 2.05) is 0 Å². The fourth-order valence-corrected chi connectivity index (χ4v) is 2.45. The first-order chi connectivity index (χ1) is 6.52. The highest BCUT2D eigenvalue weighted by Crippen LogP contribution is 2.41. The lowest BCUT2D eigenvalue weighted by Crippen LogP contribution is -2.49. The number of ether oxygens (including phenoxy) is 2. The second-order valence-electron chi connectivity index (χ2n) is 5.85. The molecule has 1 saturated carbocycles. The second-order valence-corrected chi connectivity index (χ2v) is 5.85. The van der Waals surface area contributed by atoms with Gasteiger partial charge in [0, 0.05) is 18.3 Å². The van der Waals surface area contributed by atoms with Gasteiger partial charge in [0.1, 0.15) is 0 Å². The molecule has 1 atom stereocenters. The fourth-order valence-electron chi connectivity index (χ4n) is 2.45. The van der Waals surface area contributed by atoms with Crippen LogP contribution in [0.25, 0.3) is 0 Å². The van der Waals surface area contributed by atoms with E-state index < -0.39 is 0 Å². The molecule has 0 radical (unpaired) electrons. The Hall–Kier alpha value is -0.0800. The third kappa shape index (κ3) is 2.12. The molecule has 0 bridgehead atoms. The summed E-state index contributed by atoms with van der Waals surface area (Å²) in [7, 11) is 0. The average Bonchev–Trinajstić information content (AvgIpc) is 2.12. The summed E-state index contributed by atoms with van der Waals surface area (Å²) in [6.07, 6.45) is 4.76. The van der Waals surface area contributed by atoms with Gasteiger partial charge in [0.2, 0.25) is 0 Å². The standard InChI is InChI=1S/C12H22O2/c1-10-5-4-6-12(7-10)13-8-11(2,3)9-14-12/h10H,4-9H2,1-3H3/t10-/m1/s1. The molecule has 2 nitrogen and oxygen atoms in total. The van der Waals surface area contributed by atoms with Crippen LogP contribution in [0.3, 0.4) is 0 Å². The van der Waals surface area contributed by atoms with Gasteiger partial charge in [-0.2, -0.15) is 0 Å². The molecule has 0 unspecified atom stereocenters. The first-order valence-electron chi connectivity index (χ1n) is 5.79. The number of rotatable bonds is 0. The Balaban J connectivity index is 1.98. The summed E-state index contributed by atoms with van der Waals surface area (Å²) < 4.78 is 11.9. The third-order valence-corrected chi connectivity index (χ3v) is 3.37. The molecule has 2 rings (SSSR count). The van der Waals surface area contributed by atoms with Crippen LogP contribution in [0.15, 0.2) is 0 Å². The molecule has 0 aromatic carbocycles. The monoisotopic (exact) mass is 198 g/mol. The van der Waals surface area contributed by atoms with Crippen molar-refractivity contribution in [3.8, 4) is 0 Å². The van der Waals surface area contributed by atoms with E-state index in [1.165, 1.54) is 12.8 Å². The van der Waals surface area contributed by atoms with Crippen LogP contribution in [0.4, 0.5) is 0 Å². The van der Waals surface area contributed by atoms with Gasteiger partial charge in [-0.25, -0.2) is 0 Å². The summed E-state index contributed by atoms with van der Waals surface area (Å²) >= 11 is 0. The lowest BCUT2D eigenvalue weighted by atomic mass is 9.84. The first-order valence-corrected chi connectivity index (χ1v) is 5.79. The molecule has 82 valence electrons. The van der Waals surface area contributed by atoms with E-state index in [-0.39, 0.29) is 11.2 Å². The molecular weight excluding hydrogens is 176 g/mol. The molecule has 0 aromatic heterocycles. The zero-order valence-corrected chi connectivity index (χ0v) is 9.64. The lowest BCUT2D eigenvalue weighted by Gasteiger charge is -2.46. The summed E-state index contributed by atoms with van der Waals surface area (Å²) in [5.74, 6) is 0.540. The molecule has 1 aliphatic heterocycles. The molecular formula is C12H22O2. The predicted molar refractivity (Wildman–Crippen MR) is 56.0 cm³/mol. The average molecular weight is 198 g/mol. The topological polar surface area (TPSA) is 18.5 Å². The van der Waals surface area contributed by atoms with Gasteiger partial charge >= 0.3 is 0 Å². The van der Waals surface area contributed by atoms with Crippen LogP contribution in [-0.2, 0) is 9.47 Å². The molecule has 0 N–H and O–H groups in total. The van der Waals surface area contributed by atoms with Gasteiger partial charge in [-0.15, -0.1) is 0 Å². The summed E-state index contributed by atoms with van der Waals surface area (Å²) in [6.45, 7) is 8.39. The fraction of sp³-hybridized carbons (Fsp3) is 1.00. The Morgan fingerprint density at radius 1 is 1.14 bits per heavy atom. The van der Waals surface area contributed by atoms with Gasteiger partial charge in [0.25, 0.3) is 0 Å². The van der Waals surface area contributed by atoms with Crippen molar-refractivity contribution >= 4 is 0 Å². The van der Waals surface area contributed by atoms with Crippen LogP contribution in [0.1, 0.15) is 46.5 Å². The van der Waals surface area contributed by atoms with Gasteiger partial charge in [-0.3, -0.25) is 0 Å². The number of hydrogen-bond acceptors (Lipinski definition) is 2. The van der Waals surface area contributed by atoms with Crippen molar-refractivity contribution in [2.75, 3.05) is 13.2 Å². The molecule has 1 aliphatic carbocycles. The Morgan fingerprint density at radius 3 is 2.36 bits per heavy atom. The summed E-state index contributed by atoms with van der Waals surface area (Å²) in [4.78, 5) is 0. The lowest BCUT2D eigenvalue weighted by molar-refractivity contribution is -0.314. The molecule has 2 heteroatoms. The Kier molecular flexibility index (Phi) is 2.61. The van der Waals surface area contributed by atoms with E-state index in [4.69, 9.17) is 9.47 Å². The van der Waals surface area contributed by atoms with Crippen LogP contribution in [0, 0.1) is 11.3 Å². The van der Waals surface area contributed by atoms with Crippen LogP contribution >= 0.6 is 0 Å². The number of hydrogen-bond donors (Lipinski definition) is 0. The minimum Gasteiger partial charge on any atom is -0.349 e. The van der Waals surface area contributed by atoms with E-state index in [2.05, 4.69) is 20.8 Å². The molecule has 0 aromatic rings. The Labute approximate surface area is 87.0 Å². The summed E-state index contributed by atoms with van der Waals surface area (Å²) in [6, 6.07) is 0. The first kappa shape index (κ1) is 10.4. The molecule has 2 fully saturated rings. The van der Waals surface area contributed by atoms with E-state index in [9.17, 15) is 0 Å². The summed E-state index contributed by atoms with van der Waals surface area (Å²) in [5, 5.41) is 0. The maximum atomic E-state index is 5.97. The smallest absolute Gasteiger partial charge is 0.168 e. The predicted octanol–water partition coefficient (Wildman–Crippen LogP) is 2.97. The normalized spacial score (nSPS) is 35.8. The Morgan fingerprint density at radius 2 is 1.79 bits per heavy atom. The van der Waals surface area contributed by atoms with Crippen molar-refractivity contribution < 1.29 is 9.47 Å². The van der Waals surface area contributed by atoms with Crippen molar-refractivity contribution in [3.63, 3.8) is 0 Å². The third-order valence-electron chi connectivity index (χ3n) is 3.37. The molecule has 0 amide bonds.